The third-order valence-electron chi connectivity index (χ3n) is 2.57. The molecular weight excluding hydrogens is 228 g/mol. The summed E-state index contributed by atoms with van der Waals surface area (Å²) in [7, 11) is 0. The lowest BCUT2D eigenvalue weighted by Gasteiger charge is -2.09. The Morgan fingerprint density at radius 1 is 1.11 bits per heavy atom. The second-order valence-corrected chi connectivity index (χ2v) is 4.76. The van der Waals surface area contributed by atoms with Crippen molar-refractivity contribution < 1.29 is 5.11 Å². The molecule has 5 heteroatoms. The normalized spacial score (nSPS) is 10.7. The van der Waals surface area contributed by atoms with E-state index in [2.05, 4.69) is 34.4 Å². The Labute approximate surface area is 109 Å². The summed E-state index contributed by atoms with van der Waals surface area (Å²) in [6.07, 6.45) is 4.64. The lowest BCUT2D eigenvalue weighted by molar-refractivity contribution is 0.292. The topological polar surface area (TPSA) is 70.1 Å². The van der Waals surface area contributed by atoms with Gasteiger partial charge in [-0.2, -0.15) is 0 Å². The van der Waals surface area contributed by atoms with Gasteiger partial charge >= 0.3 is 0 Å². The summed E-state index contributed by atoms with van der Waals surface area (Å²) in [4.78, 5) is 8.30. The van der Waals surface area contributed by atoms with Gasteiger partial charge in [-0.3, -0.25) is 0 Å². The molecule has 0 amide bonds. The number of hydrogen-bond donors (Lipinski definition) is 3. The van der Waals surface area contributed by atoms with Gasteiger partial charge in [0.2, 0.25) is 0 Å². The molecule has 0 fully saturated rings. The minimum atomic E-state index is 0.193. The molecule has 1 aromatic rings. The molecule has 0 bridgehead atoms. The smallest absolute Gasteiger partial charge is 0.131 e. The molecule has 0 spiro atoms. The van der Waals surface area contributed by atoms with E-state index in [1.165, 1.54) is 6.42 Å². The van der Waals surface area contributed by atoms with Crippen molar-refractivity contribution in [2.24, 2.45) is 5.92 Å². The second-order valence-electron chi connectivity index (χ2n) is 4.76. The Bertz CT molecular complexity index is 331. The molecule has 0 atom stereocenters. The van der Waals surface area contributed by atoms with Crippen LogP contribution in [-0.4, -0.2) is 34.8 Å². The molecule has 102 valence electrons. The summed E-state index contributed by atoms with van der Waals surface area (Å²) >= 11 is 0. The second kappa shape index (κ2) is 8.69. The van der Waals surface area contributed by atoms with Gasteiger partial charge in [0, 0.05) is 25.8 Å². The SMILES string of the molecule is CC(C)CCCNc1cc(NCCCO)ncn1. The number of anilines is 2. The minimum absolute atomic E-state index is 0.193. The van der Waals surface area contributed by atoms with Gasteiger partial charge < -0.3 is 15.7 Å². The van der Waals surface area contributed by atoms with Crippen LogP contribution in [0.4, 0.5) is 11.6 Å². The van der Waals surface area contributed by atoms with Crippen LogP contribution in [0.5, 0.6) is 0 Å². The number of aromatic nitrogens is 2. The number of nitrogens with one attached hydrogen (secondary N) is 2. The molecule has 1 rings (SSSR count). The molecule has 0 saturated carbocycles. The number of aliphatic hydroxyl groups excluding tert-OH is 1. The molecule has 18 heavy (non-hydrogen) atoms. The molecule has 0 radical (unpaired) electrons. The van der Waals surface area contributed by atoms with Crippen LogP contribution in [0.15, 0.2) is 12.4 Å². The summed E-state index contributed by atoms with van der Waals surface area (Å²) in [6, 6.07) is 1.90. The van der Waals surface area contributed by atoms with Crippen LogP contribution in [0.3, 0.4) is 0 Å². The maximum Gasteiger partial charge on any atom is 0.131 e. The Hall–Kier alpha value is -1.36. The molecule has 0 aliphatic heterocycles. The van der Waals surface area contributed by atoms with Gasteiger partial charge in [0.05, 0.1) is 0 Å². The Morgan fingerprint density at radius 3 is 2.28 bits per heavy atom. The van der Waals surface area contributed by atoms with Crippen molar-refractivity contribution in [1.82, 2.24) is 9.97 Å². The maximum atomic E-state index is 8.70. The zero-order valence-corrected chi connectivity index (χ0v) is 11.3. The first-order valence-corrected chi connectivity index (χ1v) is 6.63. The molecule has 0 saturated heterocycles. The number of nitrogens with zero attached hydrogens (tertiary/aromatic N) is 2. The molecule has 0 aliphatic rings. The zero-order valence-electron chi connectivity index (χ0n) is 11.3. The predicted octanol–water partition coefficient (Wildman–Crippen LogP) is 2.12. The Morgan fingerprint density at radius 2 is 1.72 bits per heavy atom. The van der Waals surface area contributed by atoms with Gasteiger partial charge in [-0.15, -0.1) is 0 Å². The van der Waals surface area contributed by atoms with Crippen molar-refractivity contribution in [2.75, 3.05) is 30.3 Å². The third kappa shape index (κ3) is 6.39. The largest absolute Gasteiger partial charge is 0.396 e. The first-order chi connectivity index (χ1) is 8.72. The lowest BCUT2D eigenvalue weighted by Crippen LogP contribution is -2.08. The maximum absolute atomic E-state index is 8.70. The summed E-state index contributed by atoms with van der Waals surface area (Å²) in [5, 5.41) is 15.1. The van der Waals surface area contributed by atoms with Crippen LogP contribution in [0.1, 0.15) is 33.1 Å². The minimum Gasteiger partial charge on any atom is -0.396 e. The van der Waals surface area contributed by atoms with Crippen LogP contribution in [-0.2, 0) is 0 Å². The predicted molar refractivity (Wildman–Crippen MR) is 74.8 cm³/mol. The highest BCUT2D eigenvalue weighted by molar-refractivity contribution is 5.46. The van der Waals surface area contributed by atoms with Crippen molar-refractivity contribution in [1.29, 1.82) is 0 Å². The van der Waals surface area contributed by atoms with Gasteiger partial charge in [0.1, 0.15) is 18.0 Å². The van der Waals surface area contributed by atoms with Crippen molar-refractivity contribution in [2.45, 2.75) is 33.1 Å². The molecule has 1 aromatic heterocycles. The summed E-state index contributed by atoms with van der Waals surface area (Å²) in [6.45, 7) is 6.31. The summed E-state index contributed by atoms with van der Waals surface area (Å²) < 4.78 is 0. The van der Waals surface area contributed by atoms with E-state index in [0.29, 0.717) is 0 Å². The van der Waals surface area contributed by atoms with Crippen LogP contribution >= 0.6 is 0 Å². The van der Waals surface area contributed by atoms with Crippen LogP contribution < -0.4 is 10.6 Å². The van der Waals surface area contributed by atoms with Crippen molar-refractivity contribution >= 4 is 11.6 Å². The molecular formula is C13H24N4O. The molecule has 0 unspecified atom stereocenters. The van der Waals surface area contributed by atoms with Crippen molar-refractivity contribution in [3.8, 4) is 0 Å². The van der Waals surface area contributed by atoms with Crippen LogP contribution in [0, 0.1) is 5.92 Å². The monoisotopic (exact) mass is 252 g/mol. The van der Waals surface area contributed by atoms with E-state index in [0.717, 1.165) is 43.5 Å². The van der Waals surface area contributed by atoms with E-state index in [4.69, 9.17) is 5.11 Å². The molecule has 0 aliphatic carbocycles. The highest BCUT2D eigenvalue weighted by Gasteiger charge is 1.98. The Kier molecular flexibility index (Phi) is 7.10. The van der Waals surface area contributed by atoms with Crippen molar-refractivity contribution in [3.63, 3.8) is 0 Å². The highest BCUT2D eigenvalue weighted by atomic mass is 16.3. The fourth-order valence-electron chi connectivity index (χ4n) is 1.57. The average Bonchev–Trinajstić information content (AvgIpc) is 2.35. The molecule has 1 heterocycles. The molecule has 3 N–H and O–H groups in total. The van der Waals surface area contributed by atoms with Crippen LogP contribution in [0.2, 0.25) is 0 Å². The lowest BCUT2D eigenvalue weighted by atomic mass is 10.1. The highest BCUT2D eigenvalue weighted by Crippen LogP contribution is 2.09. The fourth-order valence-corrected chi connectivity index (χ4v) is 1.57. The summed E-state index contributed by atoms with van der Waals surface area (Å²) in [5.41, 5.74) is 0. The van der Waals surface area contributed by atoms with E-state index in [1.54, 1.807) is 6.33 Å². The summed E-state index contributed by atoms with van der Waals surface area (Å²) in [5.74, 6) is 2.39. The zero-order chi connectivity index (χ0) is 13.2. The van der Waals surface area contributed by atoms with E-state index in [9.17, 15) is 0 Å². The van der Waals surface area contributed by atoms with Gasteiger partial charge in [0.25, 0.3) is 0 Å². The van der Waals surface area contributed by atoms with Gasteiger partial charge in [-0.1, -0.05) is 13.8 Å². The van der Waals surface area contributed by atoms with E-state index < -0.39 is 0 Å². The Balaban J connectivity index is 2.30. The van der Waals surface area contributed by atoms with E-state index >= 15 is 0 Å². The third-order valence-corrected chi connectivity index (χ3v) is 2.57. The van der Waals surface area contributed by atoms with E-state index in [-0.39, 0.29) is 6.61 Å². The first-order valence-electron chi connectivity index (χ1n) is 6.63. The van der Waals surface area contributed by atoms with Gasteiger partial charge in [-0.05, 0) is 25.2 Å². The standard InChI is InChI=1S/C13H24N4O/c1-11(2)5-3-6-14-12-9-13(17-10-16-12)15-7-4-8-18/h9-11,18H,3-8H2,1-2H3,(H2,14,15,16,17). The van der Waals surface area contributed by atoms with Gasteiger partial charge in [0.15, 0.2) is 0 Å². The van der Waals surface area contributed by atoms with Gasteiger partial charge in [-0.25, -0.2) is 9.97 Å². The number of aliphatic hydroxyl groups is 1. The number of rotatable bonds is 9. The fraction of sp³-hybridized carbons (Fsp3) is 0.692. The van der Waals surface area contributed by atoms with Crippen molar-refractivity contribution in [3.05, 3.63) is 12.4 Å². The molecule has 5 nitrogen and oxygen atoms in total. The first kappa shape index (κ1) is 14.7. The molecule has 0 aromatic carbocycles. The number of hydrogen-bond acceptors (Lipinski definition) is 5. The quantitative estimate of drug-likeness (QED) is 0.587. The average molecular weight is 252 g/mol. The van der Waals surface area contributed by atoms with E-state index in [1.807, 2.05) is 6.07 Å². The van der Waals surface area contributed by atoms with Crippen LogP contribution in [0.25, 0.3) is 0 Å².